The minimum absolute atomic E-state index is 0.0406. The fraction of sp³-hybridized carbons (Fsp3) is 0.211. The number of anilines is 1. The quantitative estimate of drug-likeness (QED) is 0.778. The van der Waals surface area contributed by atoms with E-state index in [1.54, 1.807) is 25.1 Å². The van der Waals surface area contributed by atoms with Gasteiger partial charge in [0.15, 0.2) is 11.5 Å². The first kappa shape index (κ1) is 16.4. The summed E-state index contributed by atoms with van der Waals surface area (Å²) in [5.41, 5.74) is 3.24. The van der Waals surface area contributed by atoms with E-state index in [4.69, 9.17) is 21.1 Å². The predicted octanol–water partition coefficient (Wildman–Crippen LogP) is 4.26. The Labute approximate surface area is 146 Å². The van der Waals surface area contributed by atoms with Crippen LogP contribution in [0.4, 0.5) is 5.69 Å². The van der Waals surface area contributed by atoms with Crippen molar-refractivity contribution in [2.45, 2.75) is 6.92 Å². The first-order valence-corrected chi connectivity index (χ1v) is 8.04. The van der Waals surface area contributed by atoms with E-state index in [9.17, 15) is 4.79 Å². The average molecular weight is 344 g/mol. The van der Waals surface area contributed by atoms with Crippen LogP contribution in [0.1, 0.15) is 18.1 Å². The van der Waals surface area contributed by atoms with Gasteiger partial charge in [-0.2, -0.15) is 0 Å². The van der Waals surface area contributed by atoms with E-state index in [-0.39, 0.29) is 5.91 Å². The lowest BCUT2D eigenvalue weighted by Crippen LogP contribution is -2.20. The maximum Gasteiger partial charge on any atom is 0.258 e. The summed E-state index contributed by atoms with van der Waals surface area (Å²) in [6, 6.07) is 11.3. The molecule has 124 valence electrons. The number of fused-ring (bicyclic) bond motifs is 1. The van der Waals surface area contributed by atoms with Crippen LogP contribution in [0.5, 0.6) is 11.5 Å². The fourth-order valence-corrected chi connectivity index (χ4v) is 3.13. The molecule has 0 fully saturated rings. The van der Waals surface area contributed by atoms with Crippen LogP contribution in [0.2, 0.25) is 5.02 Å². The summed E-state index contributed by atoms with van der Waals surface area (Å²) < 4.78 is 10.9. The number of likely N-dealkylation sites (N-methyl/N-ethyl adjacent to an activating group) is 1. The predicted molar refractivity (Wildman–Crippen MR) is 96.9 cm³/mol. The monoisotopic (exact) mass is 343 g/mol. The standard InChI is InChI=1S/C19H18ClNO3/c1-4-24-17-11-12(10-15(20)18(17)23-3)9-14-13-7-5-6-8-16(13)21(2)19(14)22/h5-11H,4H2,1-3H3/b14-9+. The number of amides is 1. The summed E-state index contributed by atoms with van der Waals surface area (Å²) in [7, 11) is 3.32. The summed E-state index contributed by atoms with van der Waals surface area (Å²) in [5, 5.41) is 0.447. The van der Waals surface area contributed by atoms with Crippen molar-refractivity contribution in [3.8, 4) is 11.5 Å². The van der Waals surface area contributed by atoms with Crippen molar-refractivity contribution in [1.29, 1.82) is 0 Å². The van der Waals surface area contributed by atoms with Crippen molar-refractivity contribution in [1.82, 2.24) is 0 Å². The Bertz CT molecular complexity index is 829. The number of halogens is 1. The maximum atomic E-state index is 12.6. The molecule has 1 amide bonds. The lowest BCUT2D eigenvalue weighted by Gasteiger charge is -2.12. The molecule has 0 saturated heterocycles. The van der Waals surface area contributed by atoms with Crippen molar-refractivity contribution in [2.75, 3.05) is 25.7 Å². The van der Waals surface area contributed by atoms with Gasteiger partial charge in [0.1, 0.15) is 0 Å². The smallest absolute Gasteiger partial charge is 0.258 e. The van der Waals surface area contributed by atoms with Crippen molar-refractivity contribution in [3.05, 3.63) is 52.5 Å². The maximum absolute atomic E-state index is 12.6. The molecule has 0 unspecified atom stereocenters. The van der Waals surface area contributed by atoms with Crippen LogP contribution in [-0.4, -0.2) is 26.7 Å². The Hall–Kier alpha value is -2.46. The molecule has 3 rings (SSSR count). The van der Waals surface area contributed by atoms with E-state index in [1.165, 1.54) is 0 Å². The molecule has 2 aromatic carbocycles. The van der Waals surface area contributed by atoms with Crippen molar-refractivity contribution >= 4 is 34.8 Å². The fourth-order valence-electron chi connectivity index (χ4n) is 2.84. The molecule has 24 heavy (non-hydrogen) atoms. The minimum atomic E-state index is -0.0406. The first-order chi connectivity index (χ1) is 11.6. The molecule has 1 aliphatic rings. The second-order valence-corrected chi connectivity index (χ2v) is 5.81. The third-order valence-corrected chi connectivity index (χ3v) is 4.22. The van der Waals surface area contributed by atoms with Crippen molar-refractivity contribution in [3.63, 3.8) is 0 Å². The van der Waals surface area contributed by atoms with E-state index in [2.05, 4.69) is 0 Å². The van der Waals surface area contributed by atoms with Crippen LogP contribution < -0.4 is 14.4 Å². The number of hydrogen-bond acceptors (Lipinski definition) is 3. The summed E-state index contributed by atoms with van der Waals surface area (Å²) >= 11 is 6.29. The van der Waals surface area contributed by atoms with Crippen LogP contribution in [0.25, 0.3) is 11.6 Å². The molecule has 5 heteroatoms. The van der Waals surface area contributed by atoms with Crippen LogP contribution in [-0.2, 0) is 4.79 Å². The molecule has 0 aromatic heterocycles. The molecule has 0 bridgehead atoms. The van der Waals surface area contributed by atoms with E-state index in [0.717, 1.165) is 16.8 Å². The van der Waals surface area contributed by atoms with Crippen molar-refractivity contribution in [2.24, 2.45) is 0 Å². The van der Waals surface area contributed by atoms with Gasteiger partial charge in [-0.3, -0.25) is 4.79 Å². The molecule has 1 aliphatic heterocycles. The molecule has 0 saturated carbocycles. The molecule has 1 heterocycles. The third kappa shape index (κ3) is 2.74. The minimum Gasteiger partial charge on any atom is -0.491 e. The molecular weight excluding hydrogens is 326 g/mol. The number of hydrogen-bond donors (Lipinski definition) is 0. The number of para-hydroxylation sites is 1. The van der Waals surface area contributed by atoms with E-state index >= 15 is 0 Å². The number of nitrogens with zero attached hydrogens (tertiary/aromatic N) is 1. The van der Waals surface area contributed by atoms with Gasteiger partial charge < -0.3 is 14.4 Å². The first-order valence-electron chi connectivity index (χ1n) is 7.66. The normalized spacial score (nSPS) is 14.9. The molecular formula is C19H18ClNO3. The second kappa shape index (κ2) is 6.57. The molecule has 0 atom stereocenters. The van der Waals surface area contributed by atoms with Crippen LogP contribution in [0.15, 0.2) is 36.4 Å². The number of carbonyl (C=O) groups is 1. The highest BCUT2D eigenvalue weighted by Crippen LogP contribution is 2.40. The number of ether oxygens (including phenoxy) is 2. The molecule has 4 nitrogen and oxygen atoms in total. The Kier molecular flexibility index (Phi) is 4.49. The summed E-state index contributed by atoms with van der Waals surface area (Å²) in [5.74, 6) is 1.02. The zero-order valence-corrected chi connectivity index (χ0v) is 14.6. The highest BCUT2D eigenvalue weighted by Gasteiger charge is 2.29. The van der Waals surface area contributed by atoms with Gasteiger partial charge in [0.05, 0.1) is 24.4 Å². The van der Waals surface area contributed by atoms with Crippen LogP contribution in [0.3, 0.4) is 0 Å². The molecule has 0 N–H and O–H groups in total. The van der Waals surface area contributed by atoms with Gasteiger partial charge in [-0.15, -0.1) is 0 Å². The second-order valence-electron chi connectivity index (χ2n) is 5.41. The van der Waals surface area contributed by atoms with Gasteiger partial charge in [-0.25, -0.2) is 0 Å². The topological polar surface area (TPSA) is 38.8 Å². The molecule has 0 radical (unpaired) electrons. The van der Waals surface area contributed by atoms with Gasteiger partial charge in [0.25, 0.3) is 5.91 Å². The SMILES string of the molecule is CCOc1cc(/C=C2/C(=O)N(C)c3ccccc32)cc(Cl)c1OC. The van der Waals surface area contributed by atoms with Gasteiger partial charge in [-0.05, 0) is 36.8 Å². The number of methoxy groups -OCH3 is 1. The highest BCUT2D eigenvalue weighted by atomic mass is 35.5. The summed E-state index contributed by atoms with van der Waals surface area (Å²) in [4.78, 5) is 14.2. The van der Waals surface area contributed by atoms with Crippen molar-refractivity contribution < 1.29 is 14.3 Å². The van der Waals surface area contributed by atoms with Gasteiger partial charge in [0, 0.05) is 18.2 Å². The Balaban J connectivity index is 2.11. The van der Waals surface area contributed by atoms with E-state index in [1.807, 2.05) is 43.3 Å². The number of benzene rings is 2. The highest BCUT2D eigenvalue weighted by molar-refractivity contribution is 6.36. The Morgan fingerprint density at radius 1 is 1.25 bits per heavy atom. The zero-order valence-electron chi connectivity index (χ0n) is 13.8. The summed E-state index contributed by atoms with van der Waals surface area (Å²) in [6.07, 6.45) is 1.83. The van der Waals surface area contributed by atoms with Crippen LogP contribution in [0, 0.1) is 0 Å². The number of rotatable bonds is 4. The Morgan fingerprint density at radius 2 is 2.00 bits per heavy atom. The Morgan fingerprint density at radius 3 is 2.71 bits per heavy atom. The molecule has 0 aliphatic carbocycles. The molecule has 0 spiro atoms. The van der Waals surface area contributed by atoms with Gasteiger partial charge in [-0.1, -0.05) is 29.8 Å². The van der Waals surface area contributed by atoms with E-state index < -0.39 is 0 Å². The summed E-state index contributed by atoms with van der Waals surface area (Å²) in [6.45, 7) is 2.39. The van der Waals surface area contributed by atoms with Gasteiger partial charge >= 0.3 is 0 Å². The lowest BCUT2D eigenvalue weighted by atomic mass is 10.0. The zero-order chi connectivity index (χ0) is 17.3. The van der Waals surface area contributed by atoms with Crippen LogP contribution >= 0.6 is 11.6 Å². The third-order valence-electron chi connectivity index (χ3n) is 3.94. The lowest BCUT2D eigenvalue weighted by molar-refractivity contribution is -0.112. The number of carbonyl (C=O) groups excluding carboxylic acids is 1. The largest absolute Gasteiger partial charge is 0.491 e. The van der Waals surface area contributed by atoms with Gasteiger partial charge in [0.2, 0.25) is 0 Å². The van der Waals surface area contributed by atoms with E-state index in [0.29, 0.717) is 28.7 Å². The molecule has 2 aromatic rings. The average Bonchev–Trinajstić information content (AvgIpc) is 2.81.